The highest BCUT2D eigenvalue weighted by atomic mass is 32.2. The van der Waals surface area contributed by atoms with Crippen LogP contribution in [-0.4, -0.2) is 11.5 Å². The molecule has 1 heterocycles. The van der Waals surface area contributed by atoms with Crippen LogP contribution in [-0.2, 0) is 0 Å². The fourth-order valence-corrected chi connectivity index (χ4v) is 3.82. The predicted octanol–water partition coefficient (Wildman–Crippen LogP) is 3.91. The molecule has 12 heavy (non-hydrogen) atoms. The number of hydrogen-bond acceptors (Lipinski definition) is 2. The van der Waals surface area contributed by atoms with Gasteiger partial charge in [-0.2, -0.15) is 0 Å². The lowest BCUT2D eigenvalue weighted by atomic mass is 10.0. The Morgan fingerprint density at radius 1 is 1.58 bits per heavy atom. The first-order chi connectivity index (χ1) is 5.68. The van der Waals surface area contributed by atoms with Gasteiger partial charge in [0, 0.05) is 15.7 Å². The lowest BCUT2D eigenvalue weighted by Crippen LogP contribution is -1.89. The van der Waals surface area contributed by atoms with E-state index >= 15 is 0 Å². The standard InChI is InChI=1S/C10H16S2/c1-8(2)6-9(3)7-10-11-4-5-12-10/h7,9H,1,4-6H2,2-3H3. The van der Waals surface area contributed by atoms with E-state index in [0.29, 0.717) is 5.92 Å². The van der Waals surface area contributed by atoms with E-state index in [4.69, 9.17) is 0 Å². The normalized spacial score (nSPS) is 19.3. The first-order valence-corrected chi connectivity index (χ1v) is 6.27. The molecule has 1 aliphatic rings. The van der Waals surface area contributed by atoms with Crippen molar-refractivity contribution in [1.82, 2.24) is 0 Å². The molecule has 0 saturated carbocycles. The van der Waals surface area contributed by atoms with E-state index in [1.54, 1.807) is 0 Å². The zero-order chi connectivity index (χ0) is 8.97. The molecule has 0 bridgehead atoms. The molecule has 0 amide bonds. The summed E-state index contributed by atoms with van der Waals surface area (Å²) in [4.78, 5) is 0. The topological polar surface area (TPSA) is 0 Å². The Labute approximate surface area is 83.9 Å². The third-order valence-corrected chi connectivity index (χ3v) is 4.29. The van der Waals surface area contributed by atoms with Crippen LogP contribution in [0.25, 0.3) is 0 Å². The molecule has 0 nitrogen and oxygen atoms in total. The summed E-state index contributed by atoms with van der Waals surface area (Å²) < 4.78 is 1.52. The lowest BCUT2D eigenvalue weighted by molar-refractivity contribution is 0.719. The van der Waals surface area contributed by atoms with Gasteiger partial charge >= 0.3 is 0 Å². The van der Waals surface area contributed by atoms with Gasteiger partial charge < -0.3 is 0 Å². The van der Waals surface area contributed by atoms with Gasteiger partial charge in [0.1, 0.15) is 0 Å². The number of thioether (sulfide) groups is 2. The van der Waals surface area contributed by atoms with Crippen LogP contribution in [0.3, 0.4) is 0 Å². The van der Waals surface area contributed by atoms with Gasteiger partial charge in [-0.15, -0.1) is 30.1 Å². The second-order valence-corrected chi connectivity index (χ2v) is 5.85. The van der Waals surface area contributed by atoms with E-state index in [2.05, 4.69) is 26.5 Å². The van der Waals surface area contributed by atoms with E-state index in [1.807, 2.05) is 23.5 Å². The summed E-state index contributed by atoms with van der Waals surface area (Å²) in [5.41, 5.74) is 1.28. The molecule has 1 atom stereocenters. The largest absolute Gasteiger partial charge is 0.119 e. The zero-order valence-electron chi connectivity index (χ0n) is 7.80. The molecule has 0 aliphatic carbocycles. The predicted molar refractivity (Wildman–Crippen MR) is 61.6 cm³/mol. The summed E-state index contributed by atoms with van der Waals surface area (Å²) in [5.74, 6) is 3.24. The minimum Gasteiger partial charge on any atom is -0.119 e. The smallest absolute Gasteiger partial charge is 0.0364 e. The summed E-state index contributed by atoms with van der Waals surface area (Å²) >= 11 is 3.98. The van der Waals surface area contributed by atoms with Crippen LogP contribution in [0.2, 0.25) is 0 Å². The molecule has 1 unspecified atom stereocenters. The maximum absolute atomic E-state index is 3.93. The van der Waals surface area contributed by atoms with E-state index in [1.165, 1.54) is 21.3 Å². The van der Waals surface area contributed by atoms with Gasteiger partial charge in [-0.05, 0) is 19.3 Å². The Morgan fingerprint density at radius 3 is 2.67 bits per heavy atom. The molecular weight excluding hydrogens is 184 g/mol. The highest BCUT2D eigenvalue weighted by Crippen LogP contribution is 2.37. The van der Waals surface area contributed by atoms with Crippen molar-refractivity contribution in [3.8, 4) is 0 Å². The molecular formula is C10H16S2. The van der Waals surface area contributed by atoms with Crippen molar-refractivity contribution in [2.75, 3.05) is 11.5 Å². The molecule has 0 spiro atoms. The van der Waals surface area contributed by atoms with Crippen molar-refractivity contribution in [3.63, 3.8) is 0 Å². The highest BCUT2D eigenvalue weighted by Gasteiger charge is 2.09. The molecule has 68 valence electrons. The van der Waals surface area contributed by atoms with Crippen molar-refractivity contribution in [2.24, 2.45) is 5.92 Å². The van der Waals surface area contributed by atoms with E-state index in [9.17, 15) is 0 Å². The van der Waals surface area contributed by atoms with Crippen LogP contribution in [0, 0.1) is 5.92 Å². The van der Waals surface area contributed by atoms with E-state index < -0.39 is 0 Å². The second kappa shape index (κ2) is 5.03. The summed E-state index contributed by atoms with van der Waals surface area (Å²) in [6.07, 6.45) is 3.52. The minimum absolute atomic E-state index is 0.663. The van der Waals surface area contributed by atoms with Crippen molar-refractivity contribution in [3.05, 3.63) is 22.5 Å². The highest BCUT2D eigenvalue weighted by molar-refractivity contribution is 8.25. The van der Waals surface area contributed by atoms with Gasteiger partial charge in [0.05, 0.1) is 0 Å². The van der Waals surface area contributed by atoms with Crippen LogP contribution in [0.4, 0.5) is 0 Å². The number of allylic oxidation sites excluding steroid dienone is 2. The molecule has 0 radical (unpaired) electrons. The van der Waals surface area contributed by atoms with Gasteiger partial charge in [0.25, 0.3) is 0 Å². The molecule has 0 aromatic heterocycles. The summed E-state index contributed by atoms with van der Waals surface area (Å²) in [6.45, 7) is 8.29. The van der Waals surface area contributed by atoms with Crippen molar-refractivity contribution in [2.45, 2.75) is 20.3 Å². The summed E-state index contributed by atoms with van der Waals surface area (Å²) in [6, 6.07) is 0. The molecule has 1 fully saturated rings. The number of hydrogen-bond donors (Lipinski definition) is 0. The Bertz CT molecular complexity index is 186. The molecule has 1 aliphatic heterocycles. The van der Waals surface area contributed by atoms with Crippen LogP contribution < -0.4 is 0 Å². The number of rotatable bonds is 3. The molecule has 0 aromatic rings. The van der Waals surface area contributed by atoms with Gasteiger partial charge in [-0.3, -0.25) is 0 Å². The molecule has 2 heteroatoms. The van der Waals surface area contributed by atoms with E-state index in [-0.39, 0.29) is 0 Å². The summed E-state index contributed by atoms with van der Waals surface area (Å²) in [5, 5.41) is 0. The summed E-state index contributed by atoms with van der Waals surface area (Å²) in [7, 11) is 0. The Hall–Kier alpha value is 0.180. The fourth-order valence-electron chi connectivity index (χ4n) is 1.26. The third-order valence-electron chi connectivity index (χ3n) is 1.66. The maximum Gasteiger partial charge on any atom is 0.0364 e. The van der Waals surface area contributed by atoms with Crippen molar-refractivity contribution < 1.29 is 0 Å². The zero-order valence-corrected chi connectivity index (χ0v) is 9.43. The average molecular weight is 200 g/mol. The Morgan fingerprint density at radius 2 is 2.17 bits per heavy atom. The minimum atomic E-state index is 0.663. The quantitative estimate of drug-likeness (QED) is 0.634. The van der Waals surface area contributed by atoms with Crippen LogP contribution in [0.15, 0.2) is 22.5 Å². The molecule has 1 rings (SSSR count). The lowest BCUT2D eigenvalue weighted by Gasteiger charge is -2.05. The van der Waals surface area contributed by atoms with Crippen LogP contribution in [0.1, 0.15) is 20.3 Å². The first kappa shape index (κ1) is 10.3. The molecule has 0 N–H and O–H groups in total. The van der Waals surface area contributed by atoms with Crippen molar-refractivity contribution >= 4 is 23.5 Å². The van der Waals surface area contributed by atoms with Crippen LogP contribution >= 0.6 is 23.5 Å². The van der Waals surface area contributed by atoms with E-state index in [0.717, 1.165) is 6.42 Å². The van der Waals surface area contributed by atoms with Gasteiger partial charge in [-0.1, -0.05) is 18.6 Å². The monoisotopic (exact) mass is 200 g/mol. The first-order valence-electron chi connectivity index (χ1n) is 4.30. The third kappa shape index (κ3) is 3.72. The molecule has 1 saturated heterocycles. The van der Waals surface area contributed by atoms with Crippen LogP contribution in [0.5, 0.6) is 0 Å². The van der Waals surface area contributed by atoms with Gasteiger partial charge in [0.15, 0.2) is 0 Å². The fraction of sp³-hybridized carbons (Fsp3) is 0.600. The van der Waals surface area contributed by atoms with Gasteiger partial charge in [-0.25, -0.2) is 0 Å². The molecule has 0 aromatic carbocycles. The van der Waals surface area contributed by atoms with Gasteiger partial charge in [0.2, 0.25) is 0 Å². The van der Waals surface area contributed by atoms with Crippen molar-refractivity contribution in [1.29, 1.82) is 0 Å². The Balaban J connectivity index is 2.37. The second-order valence-electron chi connectivity index (χ2n) is 3.32. The Kier molecular flexibility index (Phi) is 4.30. The SMILES string of the molecule is C=C(C)CC(C)C=C1SCCS1. The average Bonchev–Trinajstić information content (AvgIpc) is 2.37. The maximum atomic E-state index is 3.93.